The Labute approximate surface area is 142 Å². The summed E-state index contributed by atoms with van der Waals surface area (Å²) in [5.74, 6) is -1.25. The van der Waals surface area contributed by atoms with E-state index in [2.05, 4.69) is 26.6 Å². The molecule has 0 aliphatic rings. The molecular formula is C17H16BrFN2O2. The number of rotatable bonds is 4. The topological polar surface area (TPSA) is 58.2 Å². The molecule has 4 nitrogen and oxygen atoms in total. The largest absolute Gasteiger partial charge is 0.345 e. The van der Waals surface area contributed by atoms with Gasteiger partial charge in [0, 0.05) is 17.1 Å². The summed E-state index contributed by atoms with van der Waals surface area (Å²) < 4.78 is 14.4. The Bertz CT molecular complexity index is 749. The van der Waals surface area contributed by atoms with Crippen LogP contribution in [0.5, 0.6) is 0 Å². The second-order valence-corrected chi connectivity index (χ2v) is 6.04. The molecule has 2 aromatic carbocycles. The molecular weight excluding hydrogens is 363 g/mol. The number of carbonyl (C=O) groups excluding carboxylic acids is 2. The molecule has 2 rings (SSSR count). The summed E-state index contributed by atoms with van der Waals surface area (Å²) in [6, 6.07) is 11.0. The van der Waals surface area contributed by atoms with Crippen LogP contribution in [-0.4, -0.2) is 11.8 Å². The lowest BCUT2D eigenvalue weighted by atomic mass is 10.1. The maximum Gasteiger partial charge on any atom is 0.254 e. The first-order chi connectivity index (χ1) is 10.9. The Morgan fingerprint density at radius 3 is 2.61 bits per heavy atom. The third-order valence-corrected chi connectivity index (χ3v) is 3.72. The summed E-state index contributed by atoms with van der Waals surface area (Å²) in [6.07, 6.45) is 0. The maximum absolute atomic E-state index is 13.8. The van der Waals surface area contributed by atoms with Gasteiger partial charge in [-0.25, -0.2) is 4.39 Å². The zero-order valence-electron chi connectivity index (χ0n) is 12.7. The molecule has 0 bridgehead atoms. The van der Waals surface area contributed by atoms with Crippen molar-refractivity contribution in [2.75, 3.05) is 5.32 Å². The fourth-order valence-corrected chi connectivity index (χ4v) is 2.48. The molecule has 0 saturated heterocycles. The van der Waals surface area contributed by atoms with Crippen molar-refractivity contribution in [2.24, 2.45) is 0 Å². The lowest BCUT2D eigenvalue weighted by molar-refractivity contribution is -0.114. The van der Waals surface area contributed by atoms with Crippen molar-refractivity contribution in [3.8, 4) is 0 Å². The third-order valence-electron chi connectivity index (χ3n) is 3.23. The van der Waals surface area contributed by atoms with Gasteiger partial charge in [0.1, 0.15) is 5.82 Å². The van der Waals surface area contributed by atoms with Crippen LogP contribution in [0, 0.1) is 5.82 Å². The van der Waals surface area contributed by atoms with E-state index in [4.69, 9.17) is 0 Å². The van der Waals surface area contributed by atoms with Gasteiger partial charge in [0.2, 0.25) is 5.91 Å². The standard InChI is InChI=1S/C17H16BrFN2O2/c1-10(12-4-3-5-14(8-12)21-11(2)22)20-17(23)15-9-13(18)6-7-16(15)19/h3-10H,1-2H3,(H,20,23)(H,21,22). The van der Waals surface area contributed by atoms with Crippen LogP contribution >= 0.6 is 15.9 Å². The average molecular weight is 379 g/mol. The Kier molecular flexibility index (Phi) is 5.50. The smallest absolute Gasteiger partial charge is 0.254 e. The van der Waals surface area contributed by atoms with E-state index in [0.29, 0.717) is 10.2 Å². The fraction of sp³-hybridized carbons (Fsp3) is 0.176. The quantitative estimate of drug-likeness (QED) is 0.843. The normalized spacial score (nSPS) is 11.7. The fourth-order valence-electron chi connectivity index (χ4n) is 2.12. The van der Waals surface area contributed by atoms with Crippen LogP contribution in [0.15, 0.2) is 46.9 Å². The number of halogens is 2. The number of carbonyl (C=O) groups is 2. The minimum absolute atomic E-state index is 0.0239. The summed E-state index contributed by atoms with van der Waals surface area (Å²) in [7, 11) is 0. The van der Waals surface area contributed by atoms with Gasteiger partial charge in [-0.1, -0.05) is 28.1 Å². The summed E-state index contributed by atoms with van der Waals surface area (Å²) in [5, 5.41) is 5.43. The van der Waals surface area contributed by atoms with Crippen LogP contribution < -0.4 is 10.6 Å². The van der Waals surface area contributed by atoms with Gasteiger partial charge in [-0.15, -0.1) is 0 Å². The Morgan fingerprint density at radius 1 is 1.17 bits per heavy atom. The number of anilines is 1. The Balaban J connectivity index is 2.15. The summed E-state index contributed by atoms with van der Waals surface area (Å²) in [6.45, 7) is 3.22. The van der Waals surface area contributed by atoms with Gasteiger partial charge in [0.25, 0.3) is 5.91 Å². The first-order valence-electron chi connectivity index (χ1n) is 7.00. The molecule has 6 heteroatoms. The maximum atomic E-state index is 13.8. The molecule has 23 heavy (non-hydrogen) atoms. The van der Waals surface area contributed by atoms with Gasteiger partial charge < -0.3 is 10.6 Å². The number of hydrogen-bond acceptors (Lipinski definition) is 2. The van der Waals surface area contributed by atoms with Crippen LogP contribution in [0.4, 0.5) is 10.1 Å². The molecule has 0 heterocycles. The van der Waals surface area contributed by atoms with Crippen molar-refractivity contribution >= 4 is 33.4 Å². The SMILES string of the molecule is CC(=O)Nc1cccc(C(C)NC(=O)c2cc(Br)ccc2F)c1. The average Bonchev–Trinajstić information content (AvgIpc) is 2.49. The van der Waals surface area contributed by atoms with Crippen molar-refractivity contribution in [3.63, 3.8) is 0 Å². The molecule has 0 aliphatic carbocycles. The van der Waals surface area contributed by atoms with Crippen LogP contribution in [0.25, 0.3) is 0 Å². The van der Waals surface area contributed by atoms with Crippen molar-refractivity contribution < 1.29 is 14.0 Å². The number of hydrogen-bond donors (Lipinski definition) is 2. The molecule has 0 fully saturated rings. The molecule has 0 radical (unpaired) electrons. The van der Waals surface area contributed by atoms with Crippen molar-refractivity contribution in [1.82, 2.24) is 5.32 Å². The molecule has 0 aliphatic heterocycles. The van der Waals surface area contributed by atoms with E-state index in [-0.39, 0.29) is 17.5 Å². The van der Waals surface area contributed by atoms with Crippen LogP contribution in [0.3, 0.4) is 0 Å². The molecule has 0 spiro atoms. The van der Waals surface area contributed by atoms with Crippen LogP contribution in [-0.2, 0) is 4.79 Å². The highest BCUT2D eigenvalue weighted by Gasteiger charge is 2.16. The summed E-state index contributed by atoms with van der Waals surface area (Å²) >= 11 is 3.22. The molecule has 0 saturated carbocycles. The minimum atomic E-state index is -0.579. The van der Waals surface area contributed by atoms with E-state index in [1.165, 1.54) is 25.1 Å². The Morgan fingerprint density at radius 2 is 1.91 bits per heavy atom. The van der Waals surface area contributed by atoms with E-state index in [1.54, 1.807) is 25.1 Å². The first kappa shape index (κ1) is 17.1. The van der Waals surface area contributed by atoms with Gasteiger partial charge in [-0.3, -0.25) is 9.59 Å². The number of nitrogens with one attached hydrogen (secondary N) is 2. The molecule has 2 amide bonds. The molecule has 1 atom stereocenters. The highest BCUT2D eigenvalue weighted by atomic mass is 79.9. The lowest BCUT2D eigenvalue weighted by Gasteiger charge is -2.16. The zero-order chi connectivity index (χ0) is 17.0. The molecule has 1 unspecified atom stereocenters. The van der Waals surface area contributed by atoms with Gasteiger partial charge in [-0.05, 0) is 42.8 Å². The Hall–Kier alpha value is -2.21. The highest BCUT2D eigenvalue weighted by molar-refractivity contribution is 9.10. The van der Waals surface area contributed by atoms with E-state index in [9.17, 15) is 14.0 Å². The van der Waals surface area contributed by atoms with Crippen molar-refractivity contribution in [1.29, 1.82) is 0 Å². The van der Waals surface area contributed by atoms with Gasteiger partial charge in [-0.2, -0.15) is 0 Å². The molecule has 0 aromatic heterocycles. The van der Waals surface area contributed by atoms with Crippen LogP contribution in [0.1, 0.15) is 35.8 Å². The highest BCUT2D eigenvalue weighted by Crippen LogP contribution is 2.20. The second kappa shape index (κ2) is 7.37. The second-order valence-electron chi connectivity index (χ2n) is 5.13. The van der Waals surface area contributed by atoms with Gasteiger partial charge in [0.15, 0.2) is 0 Å². The first-order valence-corrected chi connectivity index (χ1v) is 7.79. The zero-order valence-corrected chi connectivity index (χ0v) is 14.3. The monoisotopic (exact) mass is 378 g/mol. The summed E-state index contributed by atoms with van der Waals surface area (Å²) in [4.78, 5) is 23.3. The van der Waals surface area contributed by atoms with E-state index >= 15 is 0 Å². The predicted molar refractivity (Wildman–Crippen MR) is 90.7 cm³/mol. The van der Waals surface area contributed by atoms with Crippen molar-refractivity contribution in [2.45, 2.75) is 19.9 Å². The third kappa shape index (κ3) is 4.63. The summed E-state index contributed by atoms with van der Waals surface area (Å²) in [5.41, 5.74) is 1.42. The molecule has 120 valence electrons. The van der Waals surface area contributed by atoms with E-state index in [0.717, 1.165) is 5.56 Å². The van der Waals surface area contributed by atoms with Gasteiger partial charge >= 0.3 is 0 Å². The molecule has 2 N–H and O–H groups in total. The minimum Gasteiger partial charge on any atom is -0.345 e. The molecule has 2 aromatic rings. The van der Waals surface area contributed by atoms with Crippen molar-refractivity contribution in [3.05, 3.63) is 63.9 Å². The lowest BCUT2D eigenvalue weighted by Crippen LogP contribution is -2.27. The number of amides is 2. The number of benzene rings is 2. The van der Waals surface area contributed by atoms with E-state index < -0.39 is 11.7 Å². The van der Waals surface area contributed by atoms with Crippen LogP contribution in [0.2, 0.25) is 0 Å². The van der Waals surface area contributed by atoms with Gasteiger partial charge in [0.05, 0.1) is 11.6 Å². The predicted octanol–water partition coefficient (Wildman–Crippen LogP) is 4.04. The van der Waals surface area contributed by atoms with E-state index in [1.807, 2.05) is 6.07 Å².